The van der Waals surface area contributed by atoms with Gasteiger partial charge in [0.05, 0.1) is 0 Å². The molecule has 1 aromatic rings. The first-order valence-corrected chi connectivity index (χ1v) is 4.74. The minimum Gasteiger partial charge on any atom is -0.310 e. The Hall–Kier alpha value is -1.85. The van der Waals surface area contributed by atoms with Crippen LogP contribution in [0.15, 0.2) is 4.79 Å². The van der Waals surface area contributed by atoms with E-state index in [1.54, 1.807) is 6.92 Å². The van der Waals surface area contributed by atoms with Crippen LogP contribution in [0.25, 0.3) is 0 Å². The molecule has 6 heteroatoms. The van der Waals surface area contributed by atoms with Gasteiger partial charge < -0.3 is 10.3 Å². The van der Waals surface area contributed by atoms with Crippen molar-refractivity contribution in [3.63, 3.8) is 0 Å². The van der Waals surface area contributed by atoms with Gasteiger partial charge in [-0.05, 0) is 6.42 Å². The second kappa shape index (κ2) is 3.38. The smallest absolute Gasteiger partial charge is 0.310 e. The Kier molecular flexibility index (Phi) is 2.18. The molecule has 1 aromatic heterocycles. The minimum absolute atomic E-state index is 0.150. The molecule has 2 heterocycles. The molecule has 1 unspecified atom stereocenters. The summed E-state index contributed by atoms with van der Waals surface area (Å²) in [4.78, 5) is 38.9. The lowest BCUT2D eigenvalue weighted by Gasteiger charge is -2.14. The van der Waals surface area contributed by atoms with Crippen LogP contribution in [0.3, 0.4) is 0 Å². The lowest BCUT2D eigenvalue weighted by atomic mass is 9.96. The van der Waals surface area contributed by atoms with E-state index in [1.807, 2.05) is 0 Å². The zero-order chi connectivity index (χ0) is 11.0. The quantitative estimate of drug-likeness (QED) is 0.571. The molecular formula is C9H11N3O3. The third-order valence-electron chi connectivity index (χ3n) is 2.49. The van der Waals surface area contributed by atoms with Crippen molar-refractivity contribution in [1.82, 2.24) is 9.97 Å². The van der Waals surface area contributed by atoms with Crippen LogP contribution >= 0.6 is 0 Å². The van der Waals surface area contributed by atoms with Crippen LogP contribution in [0.4, 0.5) is 5.82 Å². The maximum atomic E-state index is 11.8. The van der Waals surface area contributed by atoms with Gasteiger partial charge in [0.15, 0.2) is 5.78 Å². The van der Waals surface area contributed by atoms with Gasteiger partial charge in [-0.3, -0.25) is 14.6 Å². The van der Waals surface area contributed by atoms with E-state index in [-0.39, 0.29) is 29.1 Å². The SMILES string of the molecule is CC1CCC(=O)Nc2[nH]c(=O)[nH]c2C1=O. The summed E-state index contributed by atoms with van der Waals surface area (Å²) in [6, 6.07) is 0. The summed E-state index contributed by atoms with van der Waals surface area (Å²) in [5.41, 5.74) is -0.316. The number of imidazole rings is 1. The molecule has 1 atom stereocenters. The average molecular weight is 209 g/mol. The molecule has 0 bridgehead atoms. The van der Waals surface area contributed by atoms with E-state index in [1.165, 1.54) is 0 Å². The number of fused-ring (bicyclic) bond motifs is 1. The van der Waals surface area contributed by atoms with Gasteiger partial charge in [0, 0.05) is 12.3 Å². The highest BCUT2D eigenvalue weighted by Crippen LogP contribution is 2.20. The standard InChI is InChI=1S/C9H11N3O3/c1-4-2-3-5(13)10-8-6(7(4)14)11-9(15)12-8/h4H,2-3H2,1H3,(H,10,13)(H2,11,12,15). The van der Waals surface area contributed by atoms with E-state index in [0.29, 0.717) is 12.8 Å². The van der Waals surface area contributed by atoms with Gasteiger partial charge in [0.25, 0.3) is 0 Å². The van der Waals surface area contributed by atoms with Crippen LogP contribution in [-0.4, -0.2) is 21.7 Å². The third-order valence-corrected chi connectivity index (χ3v) is 2.49. The van der Waals surface area contributed by atoms with Crippen LogP contribution < -0.4 is 11.0 Å². The zero-order valence-corrected chi connectivity index (χ0v) is 8.22. The summed E-state index contributed by atoms with van der Waals surface area (Å²) in [5, 5.41) is 2.49. The number of aromatic amines is 2. The fraction of sp³-hybridized carbons (Fsp3) is 0.444. The molecule has 3 N–H and O–H groups in total. The number of amides is 1. The number of H-pyrrole nitrogens is 2. The summed E-state index contributed by atoms with van der Waals surface area (Å²) in [6.45, 7) is 1.75. The second-order valence-electron chi connectivity index (χ2n) is 3.68. The molecular weight excluding hydrogens is 198 g/mol. The highest BCUT2D eigenvalue weighted by Gasteiger charge is 2.25. The Balaban J connectivity index is 2.50. The maximum absolute atomic E-state index is 11.8. The van der Waals surface area contributed by atoms with Crippen molar-refractivity contribution in [3.05, 3.63) is 16.2 Å². The Labute approximate surface area is 85.1 Å². The highest BCUT2D eigenvalue weighted by atomic mass is 16.2. The van der Waals surface area contributed by atoms with E-state index < -0.39 is 5.69 Å². The molecule has 80 valence electrons. The van der Waals surface area contributed by atoms with Crippen LogP contribution in [0, 0.1) is 5.92 Å². The first-order chi connectivity index (χ1) is 7.08. The van der Waals surface area contributed by atoms with Crippen LogP contribution in [0.2, 0.25) is 0 Å². The lowest BCUT2D eigenvalue weighted by Crippen LogP contribution is -2.22. The number of Topliss-reactive ketones (excluding diaryl/α,β-unsaturated/α-hetero) is 1. The fourth-order valence-corrected chi connectivity index (χ4v) is 1.59. The number of carbonyl (C=O) groups excluding carboxylic acids is 2. The number of aromatic nitrogens is 2. The molecule has 0 spiro atoms. The number of hydrogen-bond donors (Lipinski definition) is 3. The Bertz CT molecular complexity index is 471. The number of hydrogen-bond acceptors (Lipinski definition) is 3. The molecule has 1 aliphatic rings. The van der Waals surface area contributed by atoms with Gasteiger partial charge in [0.1, 0.15) is 11.5 Å². The molecule has 0 aliphatic carbocycles. The van der Waals surface area contributed by atoms with Crippen LogP contribution in [0.1, 0.15) is 30.3 Å². The number of rotatable bonds is 0. The van der Waals surface area contributed by atoms with Gasteiger partial charge in [-0.15, -0.1) is 0 Å². The van der Waals surface area contributed by atoms with Gasteiger partial charge in [-0.2, -0.15) is 0 Å². The number of carbonyl (C=O) groups is 2. The molecule has 15 heavy (non-hydrogen) atoms. The predicted octanol–water partition coefficient (Wildman–Crippen LogP) is 0.254. The number of anilines is 1. The van der Waals surface area contributed by atoms with Crippen molar-refractivity contribution in [2.24, 2.45) is 5.92 Å². The van der Waals surface area contributed by atoms with Gasteiger partial charge in [-0.25, -0.2) is 4.79 Å². The van der Waals surface area contributed by atoms with Crippen molar-refractivity contribution in [2.45, 2.75) is 19.8 Å². The topological polar surface area (TPSA) is 94.8 Å². The fourth-order valence-electron chi connectivity index (χ4n) is 1.59. The highest BCUT2D eigenvalue weighted by molar-refractivity contribution is 6.04. The molecule has 6 nitrogen and oxygen atoms in total. The average Bonchev–Trinajstić information content (AvgIpc) is 2.53. The molecule has 1 aliphatic heterocycles. The van der Waals surface area contributed by atoms with Crippen molar-refractivity contribution >= 4 is 17.5 Å². The molecule has 2 rings (SSSR count). The monoisotopic (exact) mass is 209 g/mol. The summed E-state index contributed by atoms with van der Waals surface area (Å²) in [7, 11) is 0. The summed E-state index contributed by atoms with van der Waals surface area (Å²) >= 11 is 0. The molecule has 0 fully saturated rings. The first-order valence-electron chi connectivity index (χ1n) is 4.74. The minimum atomic E-state index is -0.484. The first kappa shape index (κ1) is 9.70. The number of nitrogens with one attached hydrogen (secondary N) is 3. The van der Waals surface area contributed by atoms with Crippen molar-refractivity contribution in [3.8, 4) is 0 Å². The zero-order valence-electron chi connectivity index (χ0n) is 8.22. The summed E-state index contributed by atoms with van der Waals surface area (Å²) in [5.74, 6) is -0.406. The Morgan fingerprint density at radius 2 is 1.93 bits per heavy atom. The molecule has 1 amide bonds. The van der Waals surface area contributed by atoms with E-state index in [9.17, 15) is 14.4 Å². The van der Waals surface area contributed by atoms with Crippen LogP contribution in [0.5, 0.6) is 0 Å². The lowest BCUT2D eigenvalue weighted by molar-refractivity contribution is -0.116. The molecule has 0 saturated heterocycles. The van der Waals surface area contributed by atoms with Crippen molar-refractivity contribution < 1.29 is 9.59 Å². The van der Waals surface area contributed by atoms with E-state index >= 15 is 0 Å². The van der Waals surface area contributed by atoms with Gasteiger partial charge in [0.2, 0.25) is 5.91 Å². The van der Waals surface area contributed by atoms with E-state index in [2.05, 4.69) is 15.3 Å². The third kappa shape index (κ3) is 1.70. The second-order valence-corrected chi connectivity index (χ2v) is 3.68. The predicted molar refractivity (Wildman–Crippen MR) is 52.8 cm³/mol. The summed E-state index contributed by atoms with van der Waals surface area (Å²) in [6.07, 6.45) is 0.789. The van der Waals surface area contributed by atoms with Gasteiger partial charge in [-0.1, -0.05) is 6.92 Å². The van der Waals surface area contributed by atoms with Crippen LogP contribution in [-0.2, 0) is 4.79 Å². The largest absolute Gasteiger partial charge is 0.325 e. The molecule has 0 aromatic carbocycles. The molecule has 0 saturated carbocycles. The normalized spacial score (nSPS) is 21.5. The van der Waals surface area contributed by atoms with Crippen molar-refractivity contribution in [2.75, 3.05) is 5.32 Å². The van der Waals surface area contributed by atoms with Gasteiger partial charge >= 0.3 is 5.69 Å². The van der Waals surface area contributed by atoms with E-state index in [0.717, 1.165) is 0 Å². The Morgan fingerprint density at radius 3 is 2.67 bits per heavy atom. The number of ketones is 1. The molecule has 0 radical (unpaired) electrons. The van der Waals surface area contributed by atoms with Crippen molar-refractivity contribution in [1.29, 1.82) is 0 Å². The summed E-state index contributed by atoms with van der Waals surface area (Å²) < 4.78 is 0. The Morgan fingerprint density at radius 1 is 1.20 bits per heavy atom. The maximum Gasteiger partial charge on any atom is 0.325 e. The van der Waals surface area contributed by atoms with E-state index in [4.69, 9.17) is 0 Å².